The first-order chi connectivity index (χ1) is 11.9. The van der Waals surface area contributed by atoms with Gasteiger partial charge in [0.05, 0.1) is 5.56 Å². The fourth-order valence-corrected chi connectivity index (χ4v) is 3.03. The summed E-state index contributed by atoms with van der Waals surface area (Å²) in [4.78, 5) is 4.43. The number of rotatable bonds is 4. The number of alkyl halides is 3. The van der Waals surface area contributed by atoms with E-state index < -0.39 is 11.7 Å². The Morgan fingerprint density at radius 1 is 0.800 bits per heavy atom. The van der Waals surface area contributed by atoms with Crippen molar-refractivity contribution in [2.75, 3.05) is 37.6 Å². The summed E-state index contributed by atoms with van der Waals surface area (Å²) in [6.45, 7) is 4.19. The van der Waals surface area contributed by atoms with Crippen LogP contribution in [-0.2, 0) is 12.6 Å². The van der Waals surface area contributed by atoms with Crippen molar-refractivity contribution in [3.63, 3.8) is 0 Å². The normalized spacial score (nSPS) is 16.2. The number of halogens is 4. The standard InChI is InChI=1S/C19H20F4N2/c20-17-5-1-15(2-6-17)9-10-24-11-13-25(14-12-24)18-7-3-16(4-8-18)19(21,22)23/h1-8H,9-14H2. The summed E-state index contributed by atoms with van der Waals surface area (Å²) in [5.41, 5.74) is 1.31. The number of piperazine rings is 1. The first-order valence-electron chi connectivity index (χ1n) is 8.31. The average Bonchev–Trinajstić information content (AvgIpc) is 2.61. The number of anilines is 1. The molecule has 134 valence electrons. The summed E-state index contributed by atoms with van der Waals surface area (Å²) >= 11 is 0. The van der Waals surface area contributed by atoms with Crippen molar-refractivity contribution < 1.29 is 17.6 Å². The Morgan fingerprint density at radius 2 is 1.40 bits per heavy atom. The molecule has 1 aliphatic heterocycles. The van der Waals surface area contributed by atoms with E-state index in [1.807, 2.05) is 0 Å². The van der Waals surface area contributed by atoms with Gasteiger partial charge in [-0.15, -0.1) is 0 Å². The fraction of sp³-hybridized carbons (Fsp3) is 0.368. The molecule has 0 radical (unpaired) electrons. The van der Waals surface area contributed by atoms with Gasteiger partial charge in [0.1, 0.15) is 5.82 Å². The predicted molar refractivity (Wildman–Crippen MR) is 90.2 cm³/mol. The van der Waals surface area contributed by atoms with E-state index in [1.165, 1.54) is 24.3 Å². The molecule has 0 amide bonds. The molecular formula is C19H20F4N2. The average molecular weight is 352 g/mol. The lowest BCUT2D eigenvalue weighted by Crippen LogP contribution is -2.47. The molecule has 1 saturated heterocycles. The van der Waals surface area contributed by atoms with Crippen molar-refractivity contribution in [2.45, 2.75) is 12.6 Å². The molecule has 0 spiro atoms. The Hall–Kier alpha value is -2.08. The molecule has 3 rings (SSSR count). The molecule has 2 nitrogen and oxygen atoms in total. The largest absolute Gasteiger partial charge is 0.416 e. The van der Waals surface area contributed by atoms with Gasteiger partial charge in [-0.25, -0.2) is 4.39 Å². The minimum absolute atomic E-state index is 0.228. The lowest BCUT2D eigenvalue weighted by molar-refractivity contribution is -0.137. The van der Waals surface area contributed by atoms with Crippen LogP contribution in [0.25, 0.3) is 0 Å². The third-order valence-electron chi connectivity index (χ3n) is 4.56. The van der Waals surface area contributed by atoms with E-state index in [0.29, 0.717) is 0 Å². The van der Waals surface area contributed by atoms with E-state index in [9.17, 15) is 17.6 Å². The van der Waals surface area contributed by atoms with Crippen LogP contribution in [0, 0.1) is 5.82 Å². The number of hydrogen-bond acceptors (Lipinski definition) is 2. The fourth-order valence-electron chi connectivity index (χ4n) is 3.03. The number of benzene rings is 2. The van der Waals surface area contributed by atoms with Gasteiger partial charge >= 0.3 is 6.18 Å². The Labute approximate surface area is 144 Å². The maximum atomic E-state index is 12.9. The lowest BCUT2D eigenvalue weighted by Gasteiger charge is -2.36. The van der Waals surface area contributed by atoms with Crippen molar-refractivity contribution in [2.24, 2.45) is 0 Å². The zero-order valence-electron chi connectivity index (χ0n) is 13.8. The molecular weight excluding hydrogens is 332 g/mol. The molecule has 6 heteroatoms. The molecule has 0 aliphatic carbocycles. The SMILES string of the molecule is Fc1ccc(CCN2CCN(c3ccc(C(F)(F)F)cc3)CC2)cc1. The third-order valence-corrected chi connectivity index (χ3v) is 4.56. The highest BCUT2D eigenvalue weighted by Gasteiger charge is 2.30. The van der Waals surface area contributed by atoms with E-state index >= 15 is 0 Å². The van der Waals surface area contributed by atoms with E-state index in [4.69, 9.17) is 0 Å². The molecule has 0 bridgehead atoms. The van der Waals surface area contributed by atoms with Crippen LogP contribution in [0.4, 0.5) is 23.2 Å². The molecule has 25 heavy (non-hydrogen) atoms. The zero-order chi connectivity index (χ0) is 17.9. The van der Waals surface area contributed by atoms with Crippen molar-refractivity contribution in [3.8, 4) is 0 Å². The molecule has 0 saturated carbocycles. The maximum Gasteiger partial charge on any atom is 0.416 e. The molecule has 1 fully saturated rings. The van der Waals surface area contributed by atoms with Crippen LogP contribution in [0.3, 0.4) is 0 Å². The molecule has 0 aromatic heterocycles. The van der Waals surface area contributed by atoms with E-state index in [2.05, 4.69) is 9.80 Å². The number of nitrogens with zero attached hydrogens (tertiary/aromatic N) is 2. The molecule has 0 unspecified atom stereocenters. The van der Waals surface area contributed by atoms with Crippen LogP contribution in [0.2, 0.25) is 0 Å². The highest BCUT2D eigenvalue weighted by molar-refractivity contribution is 5.48. The van der Waals surface area contributed by atoms with Crippen LogP contribution < -0.4 is 4.90 Å². The van der Waals surface area contributed by atoms with Gasteiger partial charge < -0.3 is 4.90 Å². The summed E-state index contributed by atoms with van der Waals surface area (Å²) < 4.78 is 50.8. The Morgan fingerprint density at radius 3 is 1.96 bits per heavy atom. The summed E-state index contributed by atoms with van der Waals surface area (Å²) in [5, 5.41) is 0. The van der Waals surface area contributed by atoms with Gasteiger partial charge in [-0.2, -0.15) is 13.2 Å². The summed E-state index contributed by atoms with van der Waals surface area (Å²) in [6.07, 6.45) is -3.43. The molecule has 2 aromatic rings. The van der Waals surface area contributed by atoms with E-state index in [1.54, 1.807) is 12.1 Å². The monoisotopic (exact) mass is 352 g/mol. The topological polar surface area (TPSA) is 6.48 Å². The van der Waals surface area contributed by atoms with Crippen LogP contribution in [0.1, 0.15) is 11.1 Å². The highest BCUT2D eigenvalue weighted by Crippen LogP contribution is 2.30. The van der Waals surface area contributed by atoms with Gasteiger partial charge in [-0.1, -0.05) is 12.1 Å². The van der Waals surface area contributed by atoms with E-state index in [0.717, 1.165) is 62.5 Å². The van der Waals surface area contributed by atoms with Gasteiger partial charge in [0.15, 0.2) is 0 Å². The van der Waals surface area contributed by atoms with Crippen LogP contribution >= 0.6 is 0 Å². The van der Waals surface area contributed by atoms with Crippen molar-refractivity contribution in [1.82, 2.24) is 4.90 Å². The predicted octanol–water partition coefficient (Wildman–Crippen LogP) is 4.21. The summed E-state index contributed by atoms with van der Waals surface area (Å²) in [5.74, 6) is -0.228. The second-order valence-electron chi connectivity index (χ2n) is 6.25. The first-order valence-corrected chi connectivity index (χ1v) is 8.31. The first kappa shape index (κ1) is 17.7. The summed E-state index contributed by atoms with van der Waals surface area (Å²) in [7, 11) is 0. The molecule has 0 atom stereocenters. The third kappa shape index (κ3) is 4.72. The lowest BCUT2D eigenvalue weighted by atomic mass is 10.1. The van der Waals surface area contributed by atoms with Crippen LogP contribution in [0.15, 0.2) is 48.5 Å². The van der Waals surface area contributed by atoms with Crippen LogP contribution in [0.5, 0.6) is 0 Å². The molecule has 1 heterocycles. The molecule has 1 aliphatic rings. The molecule has 0 N–H and O–H groups in total. The van der Waals surface area contributed by atoms with Gasteiger partial charge in [0.25, 0.3) is 0 Å². The van der Waals surface area contributed by atoms with Crippen LogP contribution in [-0.4, -0.2) is 37.6 Å². The van der Waals surface area contributed by atoms with Crippen molar-refractivity contribution >= 4 is 5.69 Å². The second-order valence-corrected chi connectivity index (χ2v) is 6.25. The minimum Gasteiger partial charge on any atom is -0.369 e. The van der Waals surface area contributed by atoms with Gasteiger partial charge in [0.2, 0.25) is 0 Å². The van der Waals surface area contributed by atoms with Gasteiger partial charge in [-0.05, 0) is 48.4 Å². The smallest absolute Gasteiger partial charge is 0.369 e. The van der Waals surface area contributed by atoms with Crippen molar-refractivity contribution in [3.05, 3.63) is 65.5 Å². The van der Waals surface area contributed by atoms with E-state index in [-0.39, 0.29) is 5.82 Å². The summed E-state index contributed by atoms with van der Waals surface area (Å²) in [6, 6.07) is 11.9. The minimum atomic E-state index is -4.29. The highest BCUT2D eigenvalue weighted by atomic mass is 19.4. The molecule has 2 aromatic carbocycles. The maximum absolute atomic E-state index is 12.9. The van der Waals surface area contributed by atoms with Crippen molar-refractivity contribution in [1.29, 1.82) is 0 Å². The Bertz CT molecular complexity index is 672. The number of hydrogen-bond donors (Lipinski definition) is 0. The van der Waals surface area contributed by atoms with Gasteiger partial charge in [-0.3, -0.25) is 4.90 Å². The van der Waals surface area contributed by atoms with Gasteiger partial charge in [0, 0.05) is 38.4 Å². The quantitative estimate of drug-likeness (QED) is 0.761. The Balaban J connectivity index is 1.49. The second kappa shape index (κ2) is 7.44. The Kier molecular flexibility index (Phi) is 5.27. The zero-order valence-corrected chi connectivity index (χ0v) is 13.8.